The topological polar surface area (TPSA) is 75.7 Å². The summed E-state index contributed by atoms with van der Waals surface area (Å²) in [5, 5.41) is 2.74. The van der Waals surface area contributed by atoms with Gasteiger partial charge in [-0.25, -0.2) is 8.42 Å². The van der Waals surface area contributed by atoms with E-state index in [1.165, 1.54) is 22.5 Å². The number of carbonyl (C=O) groups is 1. The molecule has 7 heteroatoms. The fourth-order valence-electron chi connectivity index (χ4n) is 3.24. The second-order valence-electron chi connectivity index (χ2n) is 7.18. The second-order valence-corrected chi connectivity index (χ2v) is 9.11. The van der Waals surface area contributed by atoms with Gasteiger partial charge >= 0.3 is 0 Å². The Hall–Kier alpha value is -2.64. The molecule has 0 unspecified atom stereocenters. The van der Waals surface area contributed by atoms with Crippen molar-refractivity contribution in [3.63, 3.8) is 0 Å². The van der Waals surface area contributed by atoms with E-state index in [-0.39, 0.29) is 10.8 Å². The first-order valence-corrected chi connectivity index (χ1v) is 11.1. The second kappa shape index (κ2) is 9.24. The van der Waals surface area contributed by atoms with Crippen LogP contribution in [0.4, 0.5) is 5.69 Å². The van der Waals surface area contributed by atoms with E-state index in [4.69, 9.17) is 4.74 Å². The molecule has 0 bridgehead atoms. The van der Waals surface area contributed by atoms with Gasteiger partial charge in [-0.1, -0.05) is 25.1 Å². The van der Waals surface area contributed by atoms with Gasteiger partial charge in [0.05, 0.1) is 12.0 Å². The monoisotopic (exact) mass is 414 g/mol. The zero-order valence-corrected chi connectivity index (χ0v) is 17.5. The van der Waals surface area contributed by atoms with Gasteiger partial charge in [-0.2, -0.15) is 4.31 Å². The van der Waals surface area contributed by atoms with Crippen molar-refractivity contribution in [2.24, 2.45) is 5.92 Å². The Morgan fingerprint density at radius 2 is 1.76 bits per heavy atom. The number of anilines is 1. The minimum absolute atomic E-state index is 0.245. The summed E-state index contributed by atoms with van der Waals surface area (Å²) in [6.07, 6.45) is 4.85. The number of methoxy groups -OCH3 is 1. The molecular weight excluding hydrogens is 388 g/mol. The van der Waals surface area contributed by atoms with Crippen molar-refractivity contribution in [1.82, 2.24) is 4.31 Å². The summed E-state index contributed by atoms with van der Waals surface area (Å²) in [6, 6.07) is 13.7. The van der Waals surface area contributed by atoms with Crippen LogP contribution in [0.25, 0.3) is 6.08 Å². The predicted octanol–water partition coefficient (Wildman–Crippen LogP) is 3.77. The van der Waals surface area contributed by atoms with Gasteiger partial charge in [0, 0.05) is 30.4 Å². The van der Waals surface area contributed by atoms with Crippen LogP contribution in [0.1, 0.15) is 25.3 Å². The average Bonchev–Trinajstić information content (AvgIpc) is 2.73. The third kappa shape index (κ3) is 5.25. The van der Waals surface area contributed by atoms with Crippen LogP contribution in [0, 0.1) is 5.92 Å². The lowest BCUT2D eigenvalue weighted by Gasteiger charge is -2.29. The number of nitrogens with zero attached hydrogens (tertiary/aromatic N) is 1. The van der Waals surface area contributed by atoms with Crippen molar-refractivity contribution in [2.45, 2.75) is 24.7 Å². The molecule has 1 aliphatic rings. The molecule has 1 amide bonds. The molecule has 1 N–H and O–H groups in total. The van der Waals surface area contributed by atoms with E-state index >= 15 is 0 Å². The summed E-state index contributed by atoms with van der Waals surface area (Å²) in [5.74, 6) is 0.928. The van der Waals surface area contributed by atoms with Crippen LogP contribution in [0.3, 0.4) is 0 Å². The summed E-state index contributed by atoms with van der Waals surface area (Å²) in [7, 11) is -1.92. The number of hydrogen-bond acceptors (Lipinski definition) is 4. The lowest BCUT2D eigenvalue weighted by Crippen LogP contribution is -2.37. The van der Waals surface area contributed by atoms with Crippen molar-refractivity contribution in [3.05, 3.63) is 60.2 Å². The Balaban J connectivity index is 1.64. The Bertz CT molecular complexity index is 976. The van der Waals surface area contributed by atoms with E-state index in [1.807, 2.05) is 24.3 Å². The lowest BCUT2D eigenvalue weighted by atomic mass is 10.0. The standard InChI is InChI=1S/C22H26N2O4S/c1-17-13-15-24(16-14-17)29(26,27)20-10-8-19(9-11-20)23-22(25)12-7-18-5-3-4-6-21(18)28-2/h3-12,17H,13-16H2,1-2H3,(H,23,25). The molecule has 2 aromatic rings. The van der Waals surface area contributed by atoms with Gasteiger partial charge in [0.2, 0.25) is 15.9 Å². The van der Waals surface area contributed by atoms with E-state index in [1.54, 1.807) is 25.3 Å². The van der Waals surface area contributed by atoms with E-state index in [0.717, 1.165) is 18.4 Å². The molecule has 0 radical (unpaired) electrons. The first-order chi connectivity index (χ1) is 13.9. The van der Waals surface area contributed by atoms with E-state index < -0.39 is 10.0 Å². The molecule has 154 valence electrons. The molecule has 0 spiro atoms. The van der Waals surface area contributed by atoms with Crippen molar-refractivity contribution in [1.29, 1.82) is 0 Å². The zero-order chi connectivity index (χ0) is 20.9. The molecule has 2 aromatic carbocycles. The van der Waals surface area contributed by atoms with Gasteiger partial charge in [-0.15, -0.1) is 0 Å². The minimum atomic E-state index is -3.49. The molecule has 3 rings (SSSR count). The number of rotatable bonds is 6. The number of nitrogens with one attached hydrogen (secondary N) is 1. The highest BCUT2D eigenvalue weighted by Gasteiger charge is 2.27. The van der Waals surface area contributed by atoms with Crippen molar-refractivity contribution >= 4 is 27.7 Å². The highest BCUT2D eigenvalue weighted by molar-refractivity contribution is 7.89. The summed E-state index contributed by atoms with van der Waals surface area (Å²) >= 11 is 0. The maximum atomic E-state index is 12.8. The van der Waals surface area contributed by atoms with Gasteiger partial charge < -0.3 is 10.1 Å². The molecule has 0 aromatic heterocycles. The SMILES string of the molecule is COc1ccccc1C=CC(=O)Nc1ccc(S(=O)(=O)N2CCC(C)CC2)cc1. The third-order valence-corrected chi connectivity index (χ3v) is 6.97. The maximum absolute atomic E-state index is 12.8. The van der Waals surface area contributed by atoms with Gasteiger partial charge in [0.25, 0.3) is 0 Å². The smallest absolute Gasteiger partial charge is 0.248 e. The summed E-state index contributed by atoms with van der Waals surface area (Å²) in [5.41, 5.74) is 1.33. The fraction of sp³-hybridized carbons (Fsp3) is 0.318. The highest BCUT2D eigenvalue weighted by Crippen LogP contribution is 2.24. The van der Waals surface area contributed by atoms with Gasteiger partial charge in [-0.3, -0.25) is 4.79 Å². The minimum Gasteiger partial charge on any atom is -0.496 e. The molecule has 1 aliphatic heterocycles. The summed E-state index contributed by atoms with van der Waals surface area (Å²) < 4.78 is 32.3. The Labute approximate surface area is 172 Å². The quantitative estimate of drug-likeness (QED) is 0.730. The number of benzene rings is 2. The van der Waals surface area contributed by atoms with Crippen LogP contribution in [0.15, 0.2) is 59.5 Å². The van der Waals surface area contributed by atoms with Crippen LogP contribution in [0.5, 0.6) is 5.75 Å². The fourth-order valence-corrected chi connectivity index (χ4v) is 4.71. The van der Waals surface area contributed by atoms with Gasteiger partial charge in [0.15, 0.2) is 0 Å². The van der Waals surface area contributed by atoms with Crippen LogP contribution in [-0.4, -0.2) is 38.8 Å². The molecule has 1 heterocycles. The van der Waals surface area contributed by atoms with E-state index in [9.17, 15) is 13.2 Å². The highest BCUT2D eigenvalue weighted by atomic mass is 32.2. The normalized spacial score (nSPS) is 16.1. The number of amides is 1. The third-order valence-electron chi connectivity index (χ3n) is 5.06. The number of hydrogen-bond donors (Lipinski definition) is 1. The lowest BCUT2D eigenvalue weighted by molar-refractivity contribution is -0.111. The molecule has 1 saturated heterocycles. The van der Waals surface area contributed by atoms with Crippen molar-refractivity contribution < 1.29 is 17.9 Å². The molecular formula is C22H26N2O4S. The molecule has 1 fully saturated rings. The van der Waals surface area contributed by atoms with E-state index in [0.29, 0.717) is 30.4 Å². The molecule has 0 atom stereocenters. The molecule has 6 nitrogen and oxygen atoms in total. The number of carbonyl (C=O) groups excluding carboxylic acids is 1. The van der Waals surface area contributed by atoms with Gasteiger partial charge in [-0.05, 0) is 55.2 Å². The van der Waals surface area contributed by atoms with E-state index in [2.05, 4.69) is 12.2 Å². The summed E-state index contributed by atoms with van der Waals surface area (Å²) in [4.78, 5) is 12.4. The molecule has 29 heavy (non-hydrogen) atoms. The van der Waals surface area contributed by atoms with Crippen LogP contribution in [0.2, 0.25) is 0 Å². The number of piperidine rings is 1. The maximum Gasteiger partial charge on any atom is 0.248 e. The van der Waals surface area contributed by atoms with Crippen LogP contribution in [-0.2, 0) is 14.8 Å². The largest absolute Gasteiger partial charge is 0.496 e. The number of sulfonamides is 1. The first-order valence-electron chi connectivity index (χ1n) is 9.62. The van der Waals surface area contributed by atoms with Crippen molar-refractivity contribution in [3.8, 4) is 5.75 Å². The Kier molecular flexibility index (Phi) is 6.71. The predicted molar refractivity (Wildman–Crippen MR) is 114 cm³/mol. The molecule has 0 aliphatic carbocycles. The number of ether oxygens (including phenoxy) is 1. The zero-order valence-electron chi connectivity index (χ0n) is 16.7. The first kappa shape index (κ1) is 21.1. The van der Waals surface area contributed by atoms with Gasteiger partial charge in [0.1, 0.15) is 5.75 Å². The number of para-hydroxylation sites is 1. The van der Waals surface area contributed by atoms with Crippen LogP contribution >= 0.6 is 0 Å². The Morgan fingerprint density at radius 3 is 2.41 bits per heavy atom. The van der Waals surface area contributed by atoms with Crippen LogP contribution < -0.4 is 10.1 Å². The summed E-state index contributed by atoms with van der Waals surface area (Å²) in [6.45, 7) is 3.25. The van der Waals surface area contributed by atoms with Crippen molar-refractivity contribution in [2.75, 3.05) is 25.5 Å². The Morgan fingerprint density at radius 1 is 1.10 bits per heavy atom. The molecule has 0 saturated carbocycles. The average molecular weight is 415 g/mol.